The Labute approximate surface area is 163 Å². The first-order valence-electron chi connectivity index (χ1n) is 8.99. The SMILES string of the molecule is CCOC(=O)c1ccccc1NC(=O)c1ccc(Oc2cccc(C)c2)cc1. The van der Waals surface area contributed by atoms with Crippen LogP contribution >= 0.6 is 0 Å². The van der Waals surface area contributed by atoms with Crippen LogP contribution < -0.4 is 10.1 Å². The maximum Gasteiger partial charge on any atom is 0.340 e. The Balaban J connectivity index is 1.71. The van der Waals surface area contributed by atoms with Crippen molar-refractivity contribution in [3.05, 3.63) is 89.5 Å². The first-order chi connectivity index (χ1) is 13.6. The molecule has 0 spiro atoms. The molecule has 0 aromatic heterocycles. The summed E-state index contributed by atoms with van der Waals surface area (Å²) in [5.41, 5.74) is 2.28. The smallest absolute Gasteiger partial charge is 0.340 e. The van der Waals surface area contributed by atoms with E-state index in [1.807, 2.05) is 31.2 Å². The summed E-state index contributed by atoms with van der Waals surface area (Å²) in [5, 5.41) is 2.76. The molecule has 0 atom stereocenters. The van der Waals surface area contributed by atoms with Crippen LogP contribution in [0.5, 0.6) is 11.5 Å². The maximum atomic E-state index is 12.6. The van der Waals surface area contributed by atoms with E-state index in [1.165, 1.54) is 0 Å². The number of para-hydroxylation sites is 1. The Bertz CT molecular complexity index is 980. The van der Waals surface area contributed by atoms with Crippen LogP contribution in [-0.2, 0) is 4.74 Å². The van der Waals surface area contributed by atoms with Gasteiger partial charge in [-0.1, -0.05) is 24.3 Å². The number of aryl methyl sites for hydroxylation is 1. The summed E-state index contributed by atoms with van der Waals surface area (Å²) in [7, 11) is 0. The Morgan fingerprint density at radius 2 is 1.64 bits per heavy atom. The molecule has 0 saturated carbocycles. The molecule has 5 heteroatoms. The van der Waals surface area contributed by atoms with Gasteiger partial charge in [0.25, 0.3) is 5.91 Å². The highest BCUT2D eigenvalue weighted by Crippen LogP contribution is 2.23. The van der Waals surface area contributed by atoms with Crippen LogP contribution in [0.3, 0.4) is 0 Å². The van der Waals surface area contributed by atoms with Gasteiger partial charge in [0.15, 0.2) is 0 Å². The molecule has 0 bridgehead atoms. The molecule has 0 radical (unpaired) electrons. The van der Waals surface area contributed by atoms with Crippen molar-refractivity contribution in [2.24, 2.45) is 0 Å². The monoisotopic (exact) mass is 375 g/mol. The van der Waals surface area contributed by atoms with Gasteiger partial charge in [-0.15, -0.1) is 0 Å². The van der Waals surface area contributed by atoms with Crippen molar-refractivity contribution >= 4 is 17.6 Å². The number of hydrogen-bond acceptors (Lipinski definition) is 4. The topological polar surface area (TPSA) is 64.6 Å². The summed E-state index contributed by atoms with van der Waals surface area (Å²) in [4.78, 5) is 24.6. The number of carbonyl (C=O) groups excluding carboxylic acids is 2. The van der Waals surface area contributed by atoms with Crippen LogP contribution in [0.15, 0.2) is 72.8 Å². The fraction of sp³-hybridized carbons (Fsp3) is 0.130. The lowest BCUT2D eigenvalue weighted by molar-refractivity contribution is 0.0527. The molecule has 1 amide bonds. The van der Waals surface area contributed by atoms with Crippen molar-refractivity contribution in [1.82, 2.24) is 0 Å². The number of hydrogen-bond donors (Lipinski definition) is 1. The zero-order valence-electron chi connectivity index (χ0n) is 15.8. The molecule has 0 saturated heterocycles. The molecule has 0 aliphatic heterocycles. The van der Waals surface area contributed by atoms with E-state index in [4.69, 9.17) is 9.47 Å². The zero-order valence-corrected chi connectivity index (χ0v) is 15.8. The fourth-order valence-electron chi connectivity index (χ4n) is 2.66. The standard InChI is InChI=1S/C23H21NO4/c1-3-27-23(26)20-9-4-5-10-21(20)24-22(25)17-11-13-18(14-12-17)28-19-8-6-7-16(2)15-19/h4-15H,3H2,1-2H3,(H,24,25). The van der Waals surface area contributed by atoms with E-state index in [-0.39, 0.29) is 12.5 Å². The van der Waals surface area contributed by atoms with Gasteiger partial charge in [0, 0.05) is 5.56 Å². The number of esters is 1. The van der Waals surface area contributed by atoms with Crippen molar-refractivity contribution in [1.29, 1.82) is 0 Å². The lowest BCUT2D eigenvalue weighted by atomic mass is 10.1. The average Bonchev–Trinajstić information content (AvgIpc) is 2.69. The molecular formula is C23H21NO4. The van der Waals surface area contributed by atoms with Gasteiger partial charge in [-0.05, 0) is 67.9 Å². The number of amides is 1. The summed E-state index contributed by atoms with van der Waals surface area (Å²) in [6.45, 7) is 4.00. The molecule has 142 valence electrons. The number of benzene rings is 3. The minimum Gasteiger partial charge on any atom is -0.462 e. The number of rotatable bonds is 6. The van der Waals surface area contributed by atoms with E-state index < -0.39 is 5.97 Å². The van der Waals surface area contributed by atoms with Crippen molar-refractivity contribution < 1.29 is 19.1 Å². The predicted octanol–water partition coefficient (Wildman–Crippen LogP) is 5.22. The van der Waals surface area contributed by atoms with Crippen LogP contribution in [0.4, 0.5) is 5.69 Å². The molecule has 1 N–H and O–H groups in total. The Hall–Kier alpha value is -3.60. The zero-order chi connectivity index (χ0) is 19.9. The summed E-state index contributed by atoms with van der Waals surface area (Å²) < 4.78 is 10.8. The maximum absolute atomic E-state index is 12.6. The summed E-state index contributed by atoms with van der Waals surface area (Å²) in [5.74, 6) is 0.578. The summed E-state index contributed by atoms with van der Waals surface area (Å²) >= 11 is 0. The van der Waals surface area contributed by atoms with Gasteiger partial charge in [0.05, 0.1) is 17.9 Å². The average molecular weight is 375 g/mol. The molecule has 0 unspecified atom stereocenters. The molecule has 0 aliphatic carbocycles. The molecule has 3 aromatic rings. The van der Waals surface area contributed by atoms with Gasteiger partial charge in [-0.3, -0.25) is 4.79 Å². The third kappa shape index (κ3) is 4.76. The number of nitrogens with one attached hydrogen (secondary N) is 1. The molecule has 3 aromatic carbocycles. The van der Waals surface area contributed by atoms with E-state index in [1.54, 1.807) is 55.5 Å². The molecule has 28 heavy (non-hydrogen) atoms. The van der Waals surface area contributed by atoms with Crippen molar-refractivity contribution in [3.8, 4) is 11.5 Å². The van der Waals surface area contributed by atoms with Gasteiger partial charge in [0.1, 0.15) is 11.5 Å². The first kappa shape index (κ1) is 19.2. The van der Waals surface area contributed by atoms with Crippen LogP contribution in [0.2, 0.25) is 0 Å². The van der Waals surface area contributed by atoms with Crippen LogP contribution in [0.25, 0.3) is 0 Å². The third-order valence-corrected chi connectivity index (χ3v) is 4.01. The highest BCUT2D eigenvalue weighted by Gasteiger charge is 2.15. The Kier molecular flexibility index (Phi) is 6.07. The molecule has 0 fully saturated rings. The van der Waals surface area contributed by atoms with Crippen molar-refractivity contribution in [2.75, 3.05) is 11.9 Å². The lowest BCUT2D eigenvalue weighted by Crippen LogP contribution is -2.15. The second kappa shape index (κ2) is 8.86. The van der Waals surface area contributed by atoms with Crippen molar-refractivity contribution in [3.63, 3.8) is 0 Å². The van der Waals surface area contributed by atoms with E-state index in [2.05, 4.69) is 5.32 Å². The fourth-order valence-corrected chi connectivity index (χ4v) is 2.66. The number of carbonyl (C=O) groups is 2. The first-order valence-corrected chi connectivity index (χ1v) is 8.99. The minimum atomic E-state index is -0.472. The predicted molar refractivity (Wildman–Crippen MR) is 108 cm³/mol. The van der Waals surface area contributed by atoms with Gasteiger partial charge in [-0.25, -0.2) is 4.79 Å². The van der Waals surface area contributed by atoms with Gasteiger partial charge in [0.2, 0.25) is 0 Å². The minimum absolute atomic E-state index is 0.267. The largest absolute Gasteiger partial charge is 0.462 e. The number of anilines is 1. The Morgan fingerprint density at radius 3 is 2.36 bits per heavy atom. The molecular weight excluding hydrogens is 354 g/mol. The van der Waals surface area contributed by atoms with Crippen LogP contribution in [0.1, 0.15) is 33.2 Å². The number of ether oxygens (including phenoxy) is 2. The van der Waals surface area contributed by atoms with Crippen molar-refractivity contribution in [2.45, 2.75) is 13.8 Å². The van der Waals surface area contributed by atoms with Crippen LogP contribution in [-0.4, -0.2) is 18.5 Å². The Morgan fingerprint density at radius 1 is 0.893 bits per heavy atom. The molecule has 0 heterocycles. The normalized spacial score (nSPS) is 10.2. The second-order valence-electron chi connectivity index (χ2n) is 6.16. The summed E-state index contributed by atoms with van der Waals surface area (Å²) in [6.07, 6.45) is 0. The third-order valence-electron chi connectivity index (χ3n) is 4.01. The second-order valence-corrected chi connectivity index (χ2v) is 6.16. The van der Waals surface area contributed by atoms with E-state index in [0.29, 0.717) is 22.6 Å². The highest BCUT2D eigenvalue weighted by atomic mass is 16.5. The van der Waals surface area contributed by atoms with Gasteiger partial charge < -0.3 is 14.8 Å². The molecule has 3 rings (SSSR count). The van der Waals surface area contributed by atoms with Gasteiger partial charge in [-0.2, -0.15) is 0 Å². The van der Waals surface area contributed by atoms with E-state index >= 15 is 0 Å². The van der Waals surface area contributed by atoms with Gasteiger partial charge >= 0.3 is 5.97 Å². The summed E-state index contributed by atoms with van der Waals surface area (Å²) in [6, 6.07) is 21.3. The quantitative estimate of drug-likeness (QED) is 0.600. The van der Waals surface area contributed by atoms with E-state index in [9.17, 15) is 9.59 Å². The highest BCUT2D eigenvalue weighted by molar-refractivity contribution is 6.08. The molecule has 5 nitrogen and oxygen atoms in total. The molecule has 0 aliphatic rings. The lowest BCUT2D eigenvalue weighted by Gasteiger charge is -2.11. The van der Waals surface area contributed by atoms with Crippen LogP contribution in [0, 0.1) is 6.92 Å². The van der Waals surface area contributed by atoms with E-state index in [0.717, 1.165) is 11.3 Å².